The van der Waals surface area contributed by atoms with Gasteiger partial charge in [0.05, 0.1) is 17.3 Å². The zero-order valence-electron chi connectivity index (χ0n) is 18.1. The Morgan fingerprint density at radius 3 is 2.59 bits per heavy atom. The molecule has 0 spiro atoms. The standard InChI is InChI=1S/C26H20FN3O3S/c1-15-14-18(9-10-19(15)27)30-24(23(29-26(30)34)20-4-2-3-13-28-20)22-12-11-21(33-22)16-5-7-17(8-6-16)25(31)32/h2-14,23-24H,1H3,(H,29,34)(H,31,32)/t23-,24+/m0/s1. The van der Waals surface area contributed by atoms with Crippen molar-refractivity contribution in [2.24, 2.45) is 0 Å². The van der Waals surface area contributed by atoms with Crippen molar-refractivity contribution in [3.8, 4) is 11.3 Å². The Labute approximate surface area is 200 Å². The number of rotatable bonds is 5. The molecule has 1 aliphatic rings. The molecule has 0 unspecified atom stereocenters. The first-order chi connectivity index (χ1) is 16.4. The van der Waals surface area contributed by atoms with Crippen LogP contribution in [0.3, 0.4) is 0 Å². The number of aryl methyl sites for hydroxylation is 1. The van der Waals surface area contributed by atoms with Crippen LogP contribution in [-0.2, 0) is 0 Å². The molecule has 5 rings (SSSR count). The number of thiocarbonyl (C=S) groups is 1. The number of nitrogens with zero attached hydrogens (tertiary/aromatic N) is 2. The van der Waals surface area contributed by atoms with Crippen LogP contribution in [0.4, 0.5) is 10.1 Å². The van der Waals surface area contributed by atoms with Crippen molar-refractivity contribution in [2.45, 2.75) is 19.0 Å². The van der Waals surface area contributed by atoms with Gasteiger partial charge in [-0.05, 0) is 79.3 Å². The highest BCUT2D eigenvalue weighted by atomic mass is 32.1. The van der Waals surface area contributed by atoms with Gasteiger partial charge in [0.1, 0.15) is 23.4 Å². The van der Waals surface area contributed by atoms with Gasteiger partial charge < -0.3 is 19.7 Å². The summed E-state index contributed by atoms with van der Waals surface area (Å²) in [4.78, 5) is 17.6. The SMILES string of the molecule is Cc1cc(N2C(=S)N[C@@H](c3ccccn3)[C@H]2c2ccc(-c3ccc(C(=O)O)cc3)o2)ccc1F. The van der Waals surface area contributed by atoms with Gasteiger partial charge in [-0.3, -0.25) is 4.98 Å². The molecule has 3 heterocycles. The van der Waals surface area contributed by atoms with Gasteiger partial charge in [-0.15, -0.1) is 0 Å². The number of anilines is 1. The van der Waals surface area contributed by atoms with Crippen molar-refractivity contribution in [3.63, 3.8) is 0 Å². The Bertz CT molecular complexity index is 1370. The summed E-state index contributed by atoms with van der Waals surface area (Å²) < 4.78 is 20.3. The minimum Gasteiger partial charge on any atom is -0.478 e. The van der Waals surface area contributed by atoms with Gasteiger partial charge in [0.25, 0.3) is 0 Å². The molecule has 1 fully saturated rings. The minimum atomic E-state index is -0.985. The summed E-state index contributed by atoms with van der Waals surface area (Å²) in [7, 11) is 0. The third kappa shape index (κ3) is 3.92. The topological polar surface area (TPSA) is 78.6 Å². The van der Waals surface area contributed by atoms with Gasteiger partial charge in [-0.2, -0.15) is 0 Å². The molecule has 1 aliphatic heterocycles. The van der Waals surface area contributed by atoms with E-state index in [1.165, 1.54) is 18.2 Å². The third-order valence-corrected chi connectivity index (χ3v) is 6.17. The van der Waals surface area contributed by atoms with E-state index in [4.69, 9.17) is 21.7 Å². The number of halogens is 1. The van der Waals surface area contributed by atoms with E-state index in [0.717, 1.165) is 16.9 Å². The Morgan fingerprint density at radius 2 is 1.91 bits per heavy atom. The van der Waals surface area contributed by atoms with Gasteiger partial charge in [-0.1, -0.05) is 18.2 Å². The van der Waals surface area contributed by atoms with Gasteiger partial charge in [-0.25, -0.2) is 9.18 Å². The van der Waals surface area contributed by atoms with E-state index in [9.17, 15) is 9.18 Å². The number of carboxylic acids is 1. The average molecular weight is 474 g/mol. The third-order valence-electron chi connectivity index (χ3n) is 5.85. The van der Waals surface area contributed by atoms with Crippen LogP contribution in [-0.4, -0.2) is 21.2 Å². The lowest BCUT2D eigenvalue weighted by Gasteiger charge is -2.26. The maximum absolute atomic E-state index is 14.0. The molecule has 0 bridgehead atoms. The quantitative estimate of drug-likeness (QED) is 0.362. The molecule has 1 saturated heterocycles. The van der Waals surface area contributed by atoms with Gasteiger partial charge in [0.15, 0.2) is 5.11 Å². The molecule has 0 aliphatic carbocycles. The second kappa shape index (κ2) is 8.72. The monoisotopic (exact) mass is 473 g/mol. The summed E-state index contributed by atoms with van der Waals surface area (Å²) in [5, 5.41) is 13.0. The van der Waals surface area contributed by atoms with Crippen LogP contribution in [0.2, 0.25) is 0 Å². The predicted octanol–water partition coefficient (Wildman–Crippen LogP) is 5.66. The van der Waals surface area contributed by atoms with Gasteiger partial charge >= 0.3 is 5.97 Å². The lowest BCUT2D eigenvalue weighted by atomic mass is 10.0. The normalized spacial score (nSPS) is 17.6. The zero-order valence-corrected chi connectivity index (χ0v) is 18.9. The fourth-order valence-corrected chi connectivity index (χ4v) is 4.49. The Kier molecular flexibility index (Phi) is 5.59. The predicted molar refractivity (Wildman–Crippen MR) is 130 cm³/mol. The molecule has 4 aromatic rings. The number of hydrogen-bond acceptors (Lipinski definition) is 4. The Morgan fingerprint density at radius 1 is 1.12 bits per heavy atom. The molecular weight excluding hydrogens is 453 g/mol. The van der Waals surface area contributed by atoms with E-state index in [1.807, 2.05) is 35.2 Å². The molecule has 0 amide bonds. The summed E-state index contributed by atoms with van der Waals surface area (Å²) in [5.41, 5.74) is 3.00. The molecule has 6 nitrogen and oxygen atoms in total. The number of pyridine rings is 1. The van der Waals surface area contributed by atoms with E-state index in [2.05, 4.69) is 10.3 Å². The van der Waals surface area contributed by atoms with E-state index in [-0.39, 0.29) is 23.5 Å². The molecule has 34 heavy (non-hydrogen) atoms. The largest absolute Gasteiger partial charge is 0.478 e. The number of carboxylic acid groups (broad SMARTS) is 1. The van der Waals surface area contributed by atoms with Crippen molar-refractivity contribution in [3.05, 3.63) is 107 Å². The van der Waals surface area contributed by atoms with Crippen molar-refractivity contribution >= 4 is 29.0 Å². The summed E-state index contributed by atoms with van der Waals surface area (Å²) >= 11 is 5.69. The first-order valence-electron chi connectivity index (χ1n) is 10.6. The lowest BCUT2D eigenvalue weighted by molar-refractivity contribution is 0.0697. The summed E-state index contributed by atoms with van der Waals surface area (Å²) in [6, 6.07) is 20.1. The van der Waals surface area contributed by atoms with Crippen LogP contribution < -0.4 is 10.2 Å². The first kappa shape index (κ1) is 21.8. The van der Waals surface area contributed by atoms with Crippen LogP contribution in [0.15, 0.2) is 83.4 Å². The number of benzene rings is 2. The second-order valence-electron chi connectivity index (χ2n) is 8.01. The van der Waals surface area contributed by atoms with E-state index >= 15 is 0 Å². The lowest BCUT2D eigenvalue weighted by Crippen LogP contribution is -2.29. The van der Waals surface area contributed by atoms with Crippen LogP contribution in [0, 0.1) is 12.7 Å². The highest BCUT2D eigenvalue weighted by molar-refractivity contribution is 7.80. The molecule has 8 heteroatoms. The molecule has 2 aromatic carbocycles. The van der Waals surface area contributed by atoms with E-state index in [0.29, 0.717) is 22.2 Å². The van der Waals surface area contributed by atoms with Crippen LogP contribution in [0.1, 0.15) is 39.5 Å². The second-order valence-corrected chi connectivity index (χ2v) is 8.40. The van der Waals surface area contributed by atoms with Crippen molar-refractivity contribution in [2.75, 3.05) is 4.90 Å². The maximum atomic E-state index is 14.0. The van der Waals surface area contributed by atoms with Crippen molar-refractivity contribution in [1.82, 2.24) is 10.3 Å². The van der Waals surface area contributed by atoms with Crippen LogP contribution in [0.5, 0.6) is 0 Å². The molecule has 2 aromatic heterocycles. The number of carbonyl (C=O) groups is 1. The van der Waals surface area contributed by atoms with Crippen LogP contribution in [0.25, 0.3) is 11.3 Å². The van der Waals surface area contributed by atoms with Crippen LogP contribution >= 0.6 is 12.2 Å². The van der Waals surface area contributed by atoms with E-state index < -0.39 is 5.97 Å². The number of hydrogen-bond donors (Lipinski definition) is 2. The maximum Gasteiger partial charge on any atom is 0.335 e. The average Bonchev–Trinajstić information content (AvgIpc) is 3.46. The molecule has 2 atom stereocenters. The number of aromatic nitrogens is 1. The van der Waals surface area contributed by atoms with E-state index in [1.54, 1.807) is 37.4 Å². The highest BCUT2D eigenvalue weighted by Gasteiger charge is 2.42. The number of nitrogens with one attached hydrogen (secondary N) is 1. The summed E-state index contributed by atoms with van der Waals surface area (Å²) in [5.74, 6) is -0.0348. The summed E-state index contributed by atoms with van der Waals surface area (Å²) in [6.07, 6.45) is 1.72. The molecule has 0 radical (unpaired) electrons. The summed E-state index contributed by atoms with van der Waals surface area (Å²) in [6.45, 7) is 1.71. The molecular formula is C26H20FN3O3S. The fourth-order valence-electron chi connectivity index (χ4n) is 4.14. The van der Waals surface area contributed by atoms with Gasteiger partial charge in [0.2, 0.25) is 0 Å². The molecule has 170 valence electrons. The Hall–Kier alpha value is -4.04. The highest BCUT2D eigenvalue weighted by Crippen LogP contribution is 2.43. The van der Waals surface area contributed by atoms with Crippen molar-refractivity contribution in [1.29, 1.82) is 0 Å². The smallest absolute Gasteiger partial charge is 0.335 e. The Balaban J connectivity index is 1.57. The van der Waals surface area contributed by atoms with Gasteiger partial charge in [0, 0.05) is 17.4 Å². The number of furan rings is 1. The molecule has 0 saturated carbocycles. The minimum absolute atomic E-state index is 0.203. The molecule has 2 N–H and O–H groups in total. The fraction of sp³-hybridized carbons (Fsp3) is 0.115. The number of aromatic carboxylic acids is 1. The van der Waals surface area contributed by atoms with Crippen molar-refractivity contribution < 1.29 is 18.7 Å². The first-order valence-corrected chi connectivity index (χ1v) is 11.0. The zero-order chi connectivity index (χ0) is 23.8.